The maximum Gasteiger partial charge on any atom is 0.223 e. The van der Waals surface area contributed by atoms with Crippen LogP contribution in [-0.4, -0.2) is 12.5 Å². The molecular formula is C12H23NO. The van der Waals surface area contributed by atoms with E-state index in [1.54, 1.807) is 0 Å². The quantitative estimate of drug-likeness (QED) is 0.721. The molecule has 1 atom stereocenters. The van der Waals surface area contributed by atoms with Gasteiger partial charge in [-0.3, -0.25) is 4.79 Å². The lowest BCUT2D eigenvalue weighted by Gasteiger charge is -2.13. The van der Waals surface area contributed by atoms with Crippen LogP contribution >= 0.6 is 0 Å². The molecule has 2 nitrogen and oxygen atoms in total. The van der Waals surface area contributed by atoms with Crippen LogP contribution < -0.4 is 5.32 Å². The van der Waals surface area contributed by atoms with Gasteiger partial charge in [-0.15, -0.1) is 0 Å². The predicted octanol–water partition coefficient (Wildman–Crippen LogP) is 2.58. The zero-order valence-corrected chi connectivity index (χ0v) is 9.89. The van der Waals surface area contributed by atoms with E-state index in [1.165, 1.54) is 0 Å². The van der Waals surface area contributed by atoms with E-state index in [0.717, 1.165) is 25.8 Å². The third-order valence-electron chi connectivity index (χ3n) is 3.55. The van der Waals surface area contributed by atoms with Gasteiger partial charge >= 0.3 is 0 Å². The van der Waals surface area contributed by atoms with Gasteiger partial charge in [-0.1, -0.05) is 40.5 Å². The molecule has 0 aromatic carbocycles. The third-order valence-corrected chi connectivity index (χ3v) is 3.55. The first kappa shape index (κ1) is 11.5. The molecule has 1 aliphatic carbocycles. The Morgan fingerprint density at radius 3 is 2.29 bits per heavy atom. The van der Waals surface area contributed by atoms with Crippen molar-refractivity contribution in [1.29, 1.82) is 0 Å². The Balaban J connectivity index is 2.22. The molecule has 0 bridgehead atoms. The molecule has 0 aromatic heterocycles. The second-order valence-corrected chi connectivity index (χ2v) is 5.17. The van der Waals surface area contributed by atoms with Crippen molar-refractivity contribution in [3.8, 4) is 0 Å². The molecule has 0 spiro atoms. The topological polar surface area (TPSA) is 29.1 Å². The van der Waals surface area contributed by atoms with Gasteiger partial charge in [0.05, 0.1) is 0 Å². The van der Waals surface area contributed by atoms with Crippen molar-refractivity contribution in [2.45, 2.75) is 47.0 Å². The molecule has 82 valence electrons. The van der Waals surface area contributed by atoms with Gasteiger partial charge in [0.25, 0.3) is 0 Å². The van der Waals surface area contributed by atoms with Crippen LogP contribution in [0.4, 0.5) is 0 Å². The highest BCUT2D eigenvalue weighted by atomic mass is 16.2. The van der Waals surface area contributed by atoms with Crippen molar-refractivity contribution in [1.82, 2.24) is 5.32 Å². The SMILES string of the molecule is CCC(CC)CNC(=O)C1CC1(C)C. The lowest BCUT2D eigenvalue weighted by atomic mass is 10.0. The lowest BCUT2D eigenvalue weighted by molar-refractivity contribution is -0.123. The van der Waals surface area contributed by atoms with E-state index in [1.807, 2.05) is 0 Å². The lowest BCUT2D eigenvalue weighted by Crippen LogP contribution is -2.31. The fourth-order valence-electron chi connectivity index (χ4n) is 1.86. The van der Waals surface area contributed by atoms with E-state index in [0.29, 0.717) is 5.92 Å². The van der Waals surface area contributed by atoms with Gasteiger partial charge in [0, 0.05) is 12.5 Å². The Kier molecular flexibility index (Phi) is 3.57. The van der Waals surface area contributed by atoms with Crippen molar-refractivity contribution < 1.29 is 4.79 Å². The van der Waals surface area contributed by atoms with Gasteiger partial charge in [0.1, 0.15) is 0 Å². The van der Waals surface area contributed by atoms with Gasteiger partial charge in [-0.2, -0.15) is 0 Å². The van der Waals surface area contributed by atoms with Crippen LogP contribution in [-0.2, 0) is 4.79 Å². The van der Waals surface area contributed by atoms with Crippen LogP contribution in [0.2, 0.25) is 0 Å². The molecule has 1 aliphatic rings. The van der Waals surface area contributed by atoms with Crippen LogP contribution in [0.1, 0.15) is 47.0 Å². The molecule has 1 amide bonds. The minimum absolute atomic E-state index is 0.262. The summed E-state index contributed by atoms with van der Waals surface area (Å²) < 4.78 is 0. The highest BCUT2D eigenvalue weighted by Crippen LogP contribution is 2.51. The van der Waals surface area contributed by atoms with Gasteiger partial charge in [0.15, 0.2) is 0 Å². The van der Waals surface area contributed by atoms with Crippen LogP contribution in [0.25, 0.3) is 0 Å². The highest BCUT2D eigenvalue weighted by molar-refractivity contribution is 5.82. The summed E-state index contributed by atoms with van der Waals surface area (Å²) in [5, 5.41) is 3.06. The largest absolute Gasteiger partial charge is 0.356 e. The first-order chi connectivity index (χ1) is 6.51. The number of carbonyl (C=O) groups excluding carboxylic acids is 1. The summed E-state index contributed by atoms with van der Waals surface area (Å²) in [6.45, 7) is 9.55. The smallest absolute Gasteiger partial charge is 0.223 e. The summed E-state index contributed by atoms with van der Waals surface area (Å²) in [5.74, 6) is 1.19. The summed E-state index contributed by atoms with van der Waals surface area (Å²) in [7, 11) is 0. The molecular weight excluding hydrogens is 174 g/mol. The molecule has 14 heavy (non-hydrogen) atoms. The maximum atomic E-state index is 11.6. The Bertz CT molecular complexity index is 206. The molecule has 1 unspecified atom stereocenters. The second kappa shape index (κ2) is 4.33. The zero-order chi connectivity index (χ0) is 10.8. The molecule has 0 heterocycles. The van der Waals surface area contributed by atoms with E-state index in [2.05, 4.69) is 33.0 Å². The van der Waals surface area contributed by atoms with Crippen LogP contribution in [0.5, 0.6) is 0 Å². The highest BCUT2D eigenvalue weighted by Gasteiger charge is 2.50. The van der Waals surface area contributed by atoms with Crippen molar-refractivity contribution in [3.63, 3.8) is 0 Å². The van der Waals surface area contributed by atoms with E-state index in [-0.39, 0.29) is 17.2 Å². The first-order valence-electron chi connectivity index (χ1n) is 5.79. The molecule has 1 N–H and O–H groups in total. The average Bonchev–Trinajstić information content (AvgIpc) is 2.77. The molecule has 0 aromatic rings. The molecule has 1 saturated carbocycles. The summed E-state index contributed by atoms with van der Waals surface area (Å²) in [6, 6.07) is 0. The second-order valence-electron chi connectivity index (χ2n) is 5.17. The van der Waals surface area contributed by atoms with Gasteiger partial charge < -0.3 is 5.32 Å². The van der Waals surface area contributed by atoms with Gasteiger partial charge in [-0.25, -0.2) is 0 Å². The molecule has 1 fully saturated rings. The predicted molar refractivity (Wildman–Crippen MR) is 59.0 cm³/mol. The number of carbonyl (C=O) groups is 1. The number of rotatable bonds is 5. The summed E-state index contributed by atoms with van der Waals surface area (Å²) in [6.07, 6.45) is 3.37. The number of amides is 1. The fourth-order valence-corrected chi connectivity index (χ4v) is 1.86. The molecule has 0 aliphatic heterocycles. The third kappa shape index (κ3) is 2.73. The van der Waals surface area contributed by atoms with Crippen molar-refractivity contribution in [2.24, 2.45) is 17.3 Å². The Morgan fingerprint density at radius 2 is 1.93 bits per heavy atom. The standard InChI is InChI=1S/C12H23NO/c1-5-9(6-2)8-13-11(14)10-7-12(10,3)4/h9-10H,5-8H2,1-4H3,(H,13,14). The zero-order valence-electron chi connectivity index (χ0n) is 9.89. The molecule has 1 rings (SSSR count). The van der Waals surface area contributed by atoms with Crippen molar-refractivity contribution in [3.05, 3.63) is 0 Å². The normalized spacial score (nSPS) is 23.6. The molecule has 0 radical (unpaired) electrons. The number of hydrogen-bond acceptors (Lipinski definition) is 1. The van der Waals surface area contributed by atoms with Crippen molar-refractivity contribution >= 4 is 5.91 Å². The first-order valence-corrected chi connectivity index (χ1v) is 5.79. The monoisotopic (exact) mass is 197 g/mol. The van der Waals surface area contributed by atoms with Crippen LogP contribution in [0.15, 0.2) is 0 Å². The number of nitrogens with one attached hydrogen (secondary N) is 1. The summed E-state index contributed by atoms with van der Waals surface area (Å²) in [5.41, 5.74) is 0.262. The van der Waals surface area contributed by atoms with E-state index in [4.69, 9.17) is 0 Å². The van der Waals surface area contributed by atoms with Gasteiger partial charge in [0.2, 0.25) is 5.91 Å². The molecule has 0 saturated heterocycles. The minimum Gasteiger partial charge on any atom is -0.356 e. The minimum atomic E-state index is 0.262. The van der Waals surface area contributed by atoms with Crippen molar-refractivity contribution in [2.75, 3.05) is 6.54 Å². The summed E-state index contributed by atoms with van der Waals surface area (Å²) >= 11 is 0. The van der Waals surface area contributed by atoms with Gasteiger partial charge in [-0.05, 0) is 17.8 Å². The van der Waals surface area contributed by atoms with Crippen LogP contribution in [0.3, 0.4) is 0 Å². The Labute approximate surface area is 87.5 Å². The van der Waals surface area contributed by atoms with Crippen LogP contribution in [0, 0.1) is 17.3 Å². The van der Waals surface area contributed by atoms with E-state index < -0.39 is 0 Å². The maximum absolute atomic E-state index is 11.6. The fraction of sp³-hybridized carbons (Fsp3) is 0.917. The van der Waals surface area contributed by atoms with E-state index >= 15 is 0 Å². The Hall–Kier alpha value is -0.530. The average molecular weight is 197 g/mol. The van der Waals surface area contributed by atoms with E-state index in [9.17, 15) is 4.79 Å². The Morgan fingerprint density at radius 1 is 1.43 bits per heavy atom. The number of hydrogen-bond donors (Lipinski definition) is 1. The summed E-state index contributed by atoms with van der Waals surface area (Å²) in [4.78, 5) is 11.6. The molecule has 2 heteroatoms.